The summed E-state index contributed by atoms with van der Waals surface area (Å²) in [7, 11) is 1.90. The van der Waals surface area contributed by atoms with Gasteiger partial charge in [0.15, 0.2) is 0 Å². The van der Waals surface area contributed by atoms with E-state index in [1.165, 1.54) is 0 Å². The predicted molar refractivity (Wildman–Crippen MR) is 62.4 cm³/mol. The number of amides is 1. The number of hydrogen-bond acceptors (Lipinski definition) is 2. The van der Waals surface area contributed by atoms with Crippen molar-refractivity contribution in [2.75, 3.05) is 7.05 Å². The van der Waals surface area contributed by atoms with Crippen molar-refractivity contribution in [3.05, 3.63) is 11.6 Å². The van der Waals surface area contributed by atoms with E-state index in [-0.39, 0.29) is 5.91 Å². The van der Waals surface area contributed by atoms with Crippen LogP contribution in [0.5, 0.6) is 0 Å². The molecule has 0 saturated heterocycles. The number of hydrogen-bond donors (Lipinski definition) is 1. The predicted octanol–water partition coefficient (Wildman–Crippen LogP) is 1.68. The van der Waals surface area contributed by atoms with Crippen molar-refractivity contribution in [2.24, 2.45) is 5.73 Å². The van der Waals surface area contributed by atoms with E-state index in [4.69, 9.17) is 5.73 Å². The van der Waals surface area contributed by atoms with Gasteiger partial charge in [-0.2, -0.15) is 0 Å². The Balaban J connectivity index is 2.53. The normalized spacial score (nSPS) is 27.6. The Kier molecular flexibility index (Phi) is 4.33. The van der Waals surface area contributed by atoms with Crippen LogP contribution in [0.3, 0.4) is 0 Å². The molecule has 15 heavy (non-hydrogen) atoms. The van der Waals surface area contributed by atoms with E-state index < -0.39 is 0 Å². The quantitative estimate of drug-likeness (QED) is 0.705. The summed E-state index contributed by atoms with van der Waals surface area (Å²) in [6.45, 7) is 3.77. The zero-order chi connectivity index (χ0) is 11.4. The molecule has 1 saturated carbocycles. The molecule has 3 nitrogen and oxygen atoms in total. The molecule has 1 amide bonds. The van der Waals surface area contributed by atoms with Crippen LogP contribution in [0.1, 0.15) is 39.5 Å². The Labute approximate surface area is 92.3 Å². The summed E-state index contributed by atoms with van der Waals surface area (Å²) >= 11 is 0. The second-order valence-electron chi connectivity index (χ2n) is 4.46. The van der Waals surface area contributed by atoms with Crippen molar-refractivity contribution >= 4 is 5.91 Å². The largest absolute Gasteiger partial charge is 0.339 e. The summed E-state index contributed by atoms with van der Waals surface area (Å²) in [6.07, 6.45) is 6.03. The second kappa shape index (κ2) is 5.31. The lowest BCUT2D eigenvalue weighted by atomic mass is 9.91. The Hall–Kier alpha value is -0.830. The number of allylic oxidation sites excluding steroid dienone is 1. The molecule has 0 radical (unpaired) electrons. The highest BCUT2D eigenvalue weighted by Gasteiger charge is 2.25. The summed E-state index contributed by atoms with van der Waals surface area (Å²) < 4.78 is 0. The molecule has 0 aromatic rings. The van der Waals surface area contributed by atoms with Crippen LogP contribution < -0.4 is 5.73 Å². The second-order valence-corrected chi connectivity index (χ2v) is 4.46. The first-order valence-corrected chi connectivity index (χ1v) is 5.72. The fourth-order valence-corrected chi connectivity index (χ4v) is 2.06. The molecule has 0 unspecified atom stereocenters. The minimum Gasteiger partial charge on any atom is -0.339 e. The monoisotopic (exact) mass is 210 g/mol. The first kappa shape index (κ1) is 12.2. The lowest BCUT2D eigenvalue weighted by molar-refractivity contribution is -0.128. The van der Waals surface area contributed by atoms with Crippen molar-refractivity contribution in [3.8, 4) is 0 Å². The van der Waals surface area contributed by atoms with Gasteiger partial charge in [-0.15, -0.1) is 0 Å². The zero-order valence-corrected chi connectivity index (χ0v) is 9.99. The van der Waals surface area contributed by atoms with Gasteiger partial charge < -0.3 is 10.6 Å². The average Bonchev–Trinajstić information content (AvgIpc) is 2.27. The smallest absolute Gasteiger partial charge is 0.249 e. The van der Waals surface area contributed by atoms with E-state index in [1.807, 2.05) is 31.9 Å². The van der Waals surface area contributed by atoms with Gasteiger partial charge in [-0.05, 0) is 39.5 Å². The number of nitrogens with two attached hydrogens (primary N) is 1. The van der Waals surface area contributed by atoms with Crippen LogP contribution in [0, 0.1) is 0 Å². The summed E-state index contributed by atoms with van der Waals surface area (Å²) in [5, 5.41) is 0. The molecule has 1 fully saturated rings. The molecule has 0 aromatic carbocycles. The minimum atomic E-state index is 0.151. The molecule has 3 heteroatoms. The maximum Gasteiger partial charge on any atom is 0.249 e. The number of rotatable bonds is 2. The van der Waals surface area contributed by atoms with Gasteiger partial charge in [0.25, 0.3) is 0 Å². The van der Waals surface area contributed by atoms with Gasteiger partial charge in [-0.1, -0.05) is 6.08 Å². The van der Waals surface area contributed by atoms with Crippen LogP contribution in [0.4, 0.5) is 0 Å². The van der Waals surface area contributed by atoms with Crippen LogP contribution in [-0.2, 0) is 4.79 Å². The van der Waals surface area contributed by atoms with E-state index in [1.54, 1.807) is 0 Å². The highest BCUT2D eigenvalue weighted by molar-refractivity contribution is 5.92. The first-order valence-electron chi connectivity index (χ1n) is 5.72. The van der Waals surface area contributed by atoms with Crippen molar-refractivity contribution in [2.45, 2.75) is 51.6 Å². The van der Waals surface area contributed by atoms with Gasteiger partial charge in [-0.25, -0.2) is 0 Å². The highest BCUT2D eigenvalue weighted by Crippen LogP contribution is 2.22. The maximum atomic E-state index is 11.9. The van der Waals surface area contributed by atoms with Crippen LogP contribution in [0.15, 0.2) is 11.6 Å². The van der Waals surface area contributed by atoms with Gasteiger partial charge in [-0.3, -0.25) is 4.79 Å². The summed E-state index contributed by atoms with van der Waals surface area (Å²) in [5.41, 5.74) is 6.67. The molecule has 0 bridgehead atoms. The molecular formula is C12H22N2O. The molecule has 0 aliphatic heterocycles. The fourth-order valence-electron chi connectivity index (χ4n) is 2.06. The molecule has 1 rings (SSSR count). The van der Waals surface area contributed by atoms with Crippen LogP contribution in [-0.4, -0.2) is 29.9 Å². The summed E-state index contributed by atoms with van der Waals surface area (Å²) in [4.78, 5) is 13.8. The first-order chi connectivity index (χ1) is 7.06. The maximum absolute atomic E-state index is 11.9. The van der Waals surface area contributed by atoms with E-state index in [0.717, 1.165) is 31.3 Å². The average molecular weight is 210 g/mol. The van der Waals surface area contributed by atoms with Crippen molar-refractivity contribution in [1.29, 1.82) is 0 Å². The third-order valence-electron chi connectivity index (χ3n) is 3.38. The SMILES string of the molecule is CC=C(C)C(=O)N(C)C1CCC(N)CC1. The lowest BCUT2D eigenvalue weighted by Gasteiger charge is -2.33. The van der Waals surface area contributed by atoms with Crippen molar-refractivity contribution in [3.63, 3.8) is 0 Å². The van der Waals surface area contributed by atoms with Crippen molar-refractivity contribution in [1.82, 2.24) is 4.90 Å². The van der Waals surface area contributed by atoms with Gasteiger partial charge in [0.2, 0.25) is 5.91 Å². The number of nitrogens with zero attached hydrogens (tertiary/aromatic N) is 1. The molecule has 0 spiro atoms. The molecule has 86 valence electrons. The molecule has 0 aromatic heterocycles. The van der Waals surface area contributed by atoms with Gasteiger partial charge in [0.05, 0.1) is 0 Å². The third-order valence-corrected chi connectivity index (χ3v) is 3.38. The van der Waals surface area contributed by atoms with E-state index in [2.05, 4.69) is 0 Å². The van der Waals surface area contributed by atoms with Crippen molar-refractivity contribution < 1.29 is 4.79 Å². The summed E-state index contributed by atoms with van der Waals surface area (Å²) in [6, 6.07) is 0.722. The van der Waals surface area contributed by atoms with Gasteiger partial charge in [0.1, 0.15) is 0 Å². The lowest BCUT2D eigenvalue weighted by Crippen LogP contribution is -2.42. The highest BCUT2D eigenvalue weighted by atomic mass is 16.2. The topological polar surface area (TPSA) is 46.3 Å². The third kappa shape index (κ3) is 3.06. The Morgan fingerprint density at radius 2 is 1.87 bits per heavy atom. The fraction of sp³-hybridized carbons (Fsp3) is 0.750. The summed E-state index contributed by atoms with van der Waals surface area (Å²) in [5.74, 6) is 0.151. The van der Waals surface area contributed by atoms with E-state index in [9.17, 15) is 4.79 Å². The van der Waals surface area contributed by atoms with Crippen LogP contribution in [0.2, 0.25) is 0 Å². The zero-order valence-electron chi connectivity index (χ0n) is 9.99. The molecule has 2 N–H and O–H groups in total. The van der Waals surface area contributed by atoms with Gasteiger partial charge >= 0.3 is 0 Å². The molecule has 1 aliphatic rings. The molecular weight excluding hydrogens is 188 g/mol. The van der Waals surface area contributed by atoms with E-state index in [0.29, 0.717) is 12.1 Å². The molecule has 1 aliphatic carbocycles. The van der Waals surface area contributed by atoms with Gasteiger partial charge in [0, 0.05) is 24.7 Å². The Morgan fingerprint density at radius 3 is 2.33 bits per heavy atom. The number of likely N-dealkylation sites (N-methyl/N-ethyl adjacent to an activating group) is 1. The number of carbonyl (C=O) groups excluding carboxylic acids is 1. The van der Waals surface area contributed by atoms with E-state index >= 15 is 0 Å². The Bertz CT molecular complexity index is 252. The minimum absolute atomic E-state index is 0.151. The molecule has 0 atom stereocenters. The van der Waals surface area contributed by atoms with Crippen LogP contribution in [0.25, 0.3) is 0 Å². The van der Waals surface area contributed by atoms with Crippen LogP contribution >= 0.6 is 0 Å². The Morgan fingerprint density at radius 1 is 1.33 bits per heavy atom. The standard InChI is InChI=1S/C12H22N2O/c1-4-9(2)12(15)14(3)11-7-5-10(13)6-8-11/h4,10-11H,5-8,13H2,1-3H3. The molecule has 0 heterocycles. The number of carbonyl (C=O) groups is 1.